The predicted molar refractivity (Wildman–Crippen MR) is 61.9 cm³/mol. The summed E-state index contributed by atoms with van der Waals surface area (Å²) >= 11 is 0. The van der Waals surface area contributed by atoms with Crippen molar-refractivity contribution in [3.63, 3.8) is 0 Å². The van der Waals surface area contributed by atoms with Gasteiger partial charge in [0.05, 0.1) is 13.3 Å². The molecule has 2 rings (SSSR count). The van der Waals surface area contributed by atoms with Crippen LogP contribution in [0.1, 0.15) is 19.3 Å². The largest absolute Gasteiger partial charge is 0.495 e. The molecule has 1 unspecified atom stereocenters. The van der Waals surface area contributed by atoms with Crippen LogP contribution < -0.4 is 14.8 Å². The summed E-state index contributed by atoms with van der Waals surface area (Å²) in [5.41, 5.74) is 0. The lowest BCUT2D eigenvalue weighted by Gasteiger charge is -2.23. The van der Waals surface area contributed by atoms with Crippen LogP contribution in [0.4, 0.5) is 0 Å². The molecule has 0 bridgehead atoms. The monoisotopic (exact) mass is 222 g/mol. The van der Waals surface area contributed by atoms with Gasteiger partial charge in [0.1, 0.15) is 12.4 Å². The molecule has 4 heteroatoms. The Labute approximate surface area is 96.0 Å². The van der Waals surface area contributed by atoms with E-state index < -0.39 is 0 Å². The van der Waals surface area contributed by atoms with Crippen LogP contribution in [0.25, 0.3) is 0 Å². The fourth-order valence-electron chi connectivity index (χ4n) is 1.83. The van der Waals surface area contributed by atoms with Crippen LogP contribution >= 0.6 is 0 Å². The van der Waals surface area contributed by atoms with Crippen molar-refractivity contribution in [2.45, 2.75) is 25.3 Å². The molecule has 0 aromatic carbocycles. The molecule has 0 radical (unpaired) electrons. The minimum Gasteiger partial charge on any atom is -0.495 e. The molecule has 1 N–H and O–H groups in total. The molecule has 1 saturated heterocycles. The maximum Gasteiger partial charge on any atom is 0.213 e. The Morgan fingerprint density at radius 1 is 1.44 bits per heavy atom. The lowest BCUT2D eigenvalue weighted by atomic mass is 10.1. The standard InChI is InChI=1S/C12H18N2O2/c1-15-11-5-6-12(14-8-11)16-9-10-4-2-3-7-13-10/h5-6,8,10,13H,2-4,7,9H2,1H3. The molecule has 88 valence electrons. The third-order valence-electron chi connectivity index (χ3n) is 2.79. The predicted octanol–water partition coefficient (Wildman–Crippen LogP) is 1.61. The molecule has 1 aliphatic rings. The van der Waals surface area contributed by atoms with E-state index in [0.29, 0.717) is 18.5 Å². The van der Waals surface area contributed by atoms with Crippen LogP contribution in [-0.4, -0.2) is 31.3 Å². The minimum atomic E-state index is 0.470. The van der Waals surface area contributed by atoms with Crippen LogP contribution in [-0.2, 0) is 0 Å². The summed E-state index contributed by atoms with van der Waals surface area (Å²) in [6.45, 7) is 1.80. The molecule has 0 spiro atoms. The lowest BCUT2D eigenvalue weighted by Crippen LogP contribution is -2.38. The van der Waals surface area contributed by atoms with Crippen molar-refractivity contribution in [1.82, 2.24) is 10.3 Å². The number of nitrogens with one attached hydrogen (secondary N) is 1. The second-order valence-corrected chi connectivity index (χ2v) is 3.99. The number of methoxy groups -OCH3 is 1. The van der Waals surface area contributed by atoms with Gasteiger partial charge in [0.2, 0.25) is 5.88 Å². The molecule has 1 atom stereocenters. The topological polar surface area (TPSA) is 43.4 Å². The van der Waals surface area contributed by atoms with Crippen molar-refractivity contribution >= 4 is 0 Å². The van der Waals surface area contributed by atoms with Gasteiger partial charge in [-0.1, -0.05) is 6.42 Å². The third kappa shape index (κ3) is 3.10. The summed E-state index contributed by atoms with van der Waals surface area (Å²) in [7, 11) is 1.63. The highest BCUT2D eigenvalue weighted by molar-refractivity contribution is 5.22. The fraction of sp³-hybridized carbons (Fsp3) is 0.583. The first-order valence-corrected chi connectivity index (χ1v) is 5.75. The Hall–Kier alpha value is -1.29. The number of hydrogen-bond acceptors (Lipinski definition) is 4. The van der Waals surface area contributed by atoms with Crippen molar-refractivity contribution in [2.75, 3.05) is 20.3 Å². The molecular formula is C12H18N2O2. The van der Waals surface area contributed by atoms with Crippen molar-refractivity contribution < 1.29 is 9.47 Å². The zero-order valence-electron chi connectivity index (χ0n) is 9.61. The Bertz CT molecular complexity index is 307. The van der Waals surface area contributed by atoms with E-state index in [1.165, 1.54) is 19.3 Å². The minimum absolute atomic E-state index is 0.470. The first-order valence-electron chi connectivity index (χ1n) is 5.75. The summed E-state index contributed by atoms with van der Waals surface area (Å²) in [5, 5.41) is 3.43. The Morgan fingerprint density at radius 2 is 2.38 bits per heavy atom. The molecule has 16 heavy (non-hydrogen) atoms. The van der Waals surface area contributed by atoms with E-state index in [1.807, 2.05) is 12.1 Å². The van der Waals surface area contributed by atoms with E-state index in [-0.39, 0.29) is 0 Å². The number of nitrogens with zero attached hydrogens (tertiary/aromatic N) is 1. The van der Waals surface area contributed by atoms with Crippen molar-refractivity contribution in [1.29, 1.82) is 0 Å². The molecule has 0 aliphatic carbocycles. The van der Waals surface area contributed by atoms with Crippen LogP contribution in [0.3, 0.4) is 0 Å². The number of rotatable bonds is 4. The Balaban J connectivity index is 1.79. The lowest BCUT2D eigenvalue weighted by molar-refractivity contribution is 0.231. The number of ether oxygens (including phenoxy) is 2. The highest BCUT2D eigenvalue weighted by atomic mass is 16.5. The molecular weight excluding hydrogens is 204 g/mol. The molecule has 0 saturated carbocycles. The molecule has 1 fully saturated rings. The van der Waals surface area contributed by atoms with Crippen molar-refractivity contribution in [3.05, 3.63) is 18.3 Å². The summed E-state index contributed by atoms with van der Waals surface area (Å²) in [4.78, 5) is 4.16. The van der Waals surface area contributed by atoms with Crippen molar-refractivity contribution in [3.8, 4) is 11.6 Å². The quantitative estimate of drug-likeness (QED) is 0.840. The highest BCUT2D eigenvalue weighted by Gasteiger charge is 2.12. The van der Waals surface area contributed by atoms with E-state index in [2.05, 4.69) is 10.3 Å². The second kappa shape index (κ2) is 5.70. The SMILES string of the molecule is COc1ccc(OCC2CCCCN2)nc1. The molecule has 1 aliphatic heterocycles. The first-order chi connectivity index (χ1) is 7.88. The molecule has 1 aromatic rings. The summed E-state index contributed by atoms with van der Waals surface area (Å²) in [6, 6.07) is 4.16. The zero-order chi connectivity index (χ0) is 11.2. The smallest absolute Gasteiger partial charge is 0.213 e. The summed E-state index contributed by atoms with van der Waals surface area (Å²) < 4.78 is 10.6. The fourth-order valence-corrected chi connectivity index (χ4v) is 1.83. The van der Waals surface area contributed by atoms with Gasteiger partial charge in [-0.2, -0.15) is 0 Å². The average molecular weight is 222 g/mol. The Morgan fingerprint density at radius 3 is 3.00 bits per heavy atom. The van der Waals surface area contributed by atoms with Gasteiger partial charge in [0.25, 0.3) is 0 Å². The van der Waals surface area contributed by atoms with E-state index >= 15 is 0 Å². The number of aromatic nitrogens is 1. The van der Waals surface area contributed by atoms with Gasteiger partial charge in [-0.3, -0.25) is 0 Å². The number of hydrogen-bond donors (Lipinski definition) is 1. The van der Waals surface area contributed by atoms with E-state index in [4.69, 9.17) is 9.47 Å². The molecule has 4 nitrogen and oxygen atoms in total. The van der Waals surface area contributed by atoms with Crippen molar-refractivity contribution in [2.24, 2.45) is 0 Å². The zero-order valence-corrected chi connectivity index (χ0v) is 9.61. The van der Waals surface area contributed by atoms with Gasteiger partial charge in [-0.15, -0.1) is 0 Å². The maximum atomic E-state index is 5.62. The Kier molecular flexibility index (Phi) is 3.99. The second-order valence-electron chi connectivity index (χ2n) is 3.99. The molecule has 2 heterocycles. The normalized spacial score (nSPS) is 20.4. The number of piperidine rings is 1. The van der Waals surface area contributed by atoms with Gasteiger partial charge in [-0.05, 0) is 25.5 Å². The van der Waals surface area contributed by atoms with Gasteiger partial charge in [-0.25, -0.2) is 4.98 Å². The molecule has 1 aromatic heterocycles. The van der Waals surface area contributed by atoms with E-state index in [1.54, 1.807) is 13.3 Å². The number of pyridine rings is 1. The first kappa shape index (κ1) is 11.2. The maximum absolute atomic E-state index is 5.62. The van der Waals surface area contributed by atoms with Crippen LogP contribution in [0, 0.1) is 0 Å². The van der Waals surface area contributed by atoms with Crippen LogP contribution in [0.15, 0.2) is 18.3 Å². The van der Waals surface area contributed by atoms with Gasteiger partial charge < -0.3 is 14.8 Å². The van der Waals surface area contributed by atoms with Gasteiger partial charge in [0, 0.05) is 12.1 Å². The van der Waals surface area contributed by atoms with Crippen LogP contribution in [0.5, 0.6) is 11.6 Å². The highest BCUT2D eigenvalue weighted by Crippen LogP contribution is 2.14. The van der Waals surface area contributed by atoms with Gasteiger partial charge >= 0.3 is 0 Å². The van der Waals surface area contributed by atoms with E-state index in [0.717, 1.165) is 12.3 Å². The molecule has 0 amide bonds. The van der Waals surface area contributed by atoms with Gasteiger partial charge in [0.15, 0.2) is 0 Å². The van der Waals surface area contributed by atoms with E-state index in [9.17, 15) is 0 Å². The third-order valence-corrected chi connectivity index (χ3v) is 2.79. The average Bonchev–Trinajstić information content (AvgIpc) is 2.38. The summed E-state index contributed by atoms with van der Waals surface area (Å²) in [5.74, 6) is 1.41. The summed E-state index contributed by atoms with van der Waals surface area (Å²) in [6.07, 6.45) is 5.42. The van der Waals surface area contributed by atoms with Crippen LogP contribution in [0.2, 0.25) is 0 Å².